The number of aliphatic carboxylic acids is 1. The first kappa shape index (κ1) is 23.0. The quantitative estimate of drug-likeness (QED) is 0.537. The Morgan fingerprint density at radius 3 is 2.60 bits per heavy atom. The van der Waals surface area contributed by atoms with E-state index in [9.17, 15) is 17.6 Å². The molecule has 0 amide bonds. The zero-order chi connectivity index (χ0) is 20.6. The van der Waals surface area contributed by atoms with E-state index in [4.69, 9.17) is 5.11 Å². The molecule has 4 rings (SSSR count). The van der Waals surface area contributed by atoms with Gasteiger partial charge in [0.05, 0.1) is 11.3 Å². The van der Waals surface area contributed by atoms with Crippen LogP contribution < -0.4 is 34.3 Å². The van der Waals surface area contributed by atoms with E-state index in [2.05, 4.69) is 4.72 Å². The summed E-state index contributed by atoms with van der Waals surface area (Å²) in [5, 5.41) is 10.1. The van der Waals surface area contributed by atoms with Crippen LogP contribution in [0.15, 0.2) is 53.4 Å². The van der Waals surface area contributed by atoms with Crippen molar-refractivity contribution in [3.8, 4) is 0 Å². The van der Waals surface area contributed by atoms with E-state index in [0.717, 1.165) is 34.3 Å². The van der Waals surface area contributed by atoms with Crippen molar-refractivity contribution in [1.82, 2.24) is 9.29 Å². The molecule has 9 heteroatoms. The predicted octanol–water partition coefficient (Wildman–Crippen LogP) is 0.207. The Labute approximate surface area is 197 Å². The number of carboxylic acids is 1. The summed E-state index contributed by atoms with van der Waals surface area (Å²) in [4.78, 5) is 11.1. The van der Waals surface area contributed by atoms with Gasteiger partial charge in [-0.2, -0.15) is 0 Å². The third-order valence-electron chi connectivity index (χ3n) is 5.37. The number of aromatic nitrogens is 1. The van der Waals surface area contributed by atoms with Gasteiger partial charge in [-0.3, -0.25) is 4.79 Å². The van der Waals surface area contributed by atoms with Crippen LogP contribution in [0.1, 0.15) is 25.5 Å². The first-order valence-electron chi connectivity index (χ1n) is 9.44. The molecule has 0 saturated heterocycles. The van der Waals surface area contributed by atoms with Crippen molar-refractivity contribution in [2.75, 3.05) is 0 Å². The van der Waals surface area contributed by atoms with E-state index in [1.165, 1.54) is 12.1 Å². The van der Waals surface area contributed by atoms with Crippen LogP contribution in [-0.2, 0) is 34.2 Å². The van der Waals surface area contributed by atoms with Crippen molar-refractivity contribution in [2.24, 2.45) is 0 Å². The van der Waals surface area contributed by atoms with Crippen molar-refractivity contribution in [3.63, 3.8) is 0 Å². The fourth-order valence-corrected chi connectivity index (χ4v) is 5.34. The molecule has 2 N–H and O–H groups in total. The number of carboxylic acid groups (broad SMARTS) is 1. The van der Waals surface area contributed by atoms with Gasteiger partial charge in [0.2, 0.25) is 10.0 Å². The van der Waals surface area contributed by atoms with Crippen LogP contribution in [0.5, 0.6) is 0 Å². The minimum absolute atomic E-state index is 0. The van der Waals surface area contributed by atoms with Gasteiger partial charge >= 0.3 is 35.5 Å². The molecule has 0 bridgehead atoms. The Morgan fingerprint density at radius 1 is 1.20 bits per heavy atom. The van der Waals surface area contributed by atoms with Gasteiger partial charge in [0.1, 0.15) is 5.82 Å². The zero-order valence-electron chi connectivity index (χ0n) is 17.6. The van der Waals surface area contributed by atoms with E-state index in [0.29, 0.717) is 25.8 Å². The molecule has 30 heavy (non-hydrogen) atoms. The van der Waals surface area contributed by atoms with E-state index in [1.807, 2.05) is 28.8 Å². The van der Waals surface area contributed by atoms with Crippen molar-refractivity contribution in [1.29, 1.82) is 0 Å². The molecule has 0 spiro atoms. The van der Waals surface area contributed by atoms with Crippen LogP contribution >= 0.6 is 0 Å². The SMILES string of the molecule is O=C(O)CCn1c2c(c3ccccc31)CC(NS(=O)(=O)c1ccc(F)cc1)CC2.[H-].[Na+]. The maximum absolute atomic E-state index is 13.1. The molecule has 1 heterocycles. The number of hydrogen-bond acceptors (Lipinski definition) is 3. The van der Waals surface area contributed by atoms with Crippen molar-refractivity contribution in [3.05, 3.63) is 65.6 Å². The number of carbonyl (C=O) groups is 1. The fraction of sp³-hybridized carbons (Fsp3) is 0.286. The summed E-state index contributed by atoms with van der Waals surface area (Å²) in [6.07, 6.45) is 1.82. The van der Waals surface area contributed by atoms with Crippen LogP contribution in [0.2, 0.25) is 0 Å². The number of rotatable bonds is 6. The van der Waals surface area contributed by atoms with E-state index >= 15 is 0 Å². The number of nitrogens with one attached hydrogen (secondary N) is 1. The number of benzene rings is 2. The average Bonchev–Trinajstić information content (AvgIpc) is 2.99. The van der Waals surface area contributed by atoms with Gasteiger partial charge in [-0.05, 0) is 55.2 Å². The minimum atomic E-state index is -3.75. The Kier molecular flexibility index (Phi) is 7.04. The first-order valence-corrected chi connectivity index (χ1v) is 10.9. The molecule has 0 radical (unpaired) electrons. The summed E-state index contributed by atoms with van der Waals surface area (Å²) in [6.45, 7) is 0.386. The number of para-hydroxylation sites is 1. The van der Waals surface area contributed by atoms with Crippen molar-refractivity contribution in [2.45, 2.75) is 43.2 Å². The Hall–Kier alpha value is -1.71. The number of fused-ring (bicyclic) bond motifs is 3. The molecule has 0 fully saturated rings. The van der Waals surface area contributed by atoms with Crippen LogP contribution in [0, 0.1) is 5.82 Å². The van der Waals surface area contributed by atoms with Gasteiger partial charge in [0.15, 0.2) is 0 Å². The van der Waals surface area contributed by atoms with Gasteiger partial charge in [-0.1, -0.05) is 18.2 Å². The molecular formula is C21H22FN2NaO4S. The van der Waals surface area contributed by atoms with E-state index in [-0.39, 0.29) is 48.3 Å². The van der Waals surface area contributed by atoms with Gasteiger partial charge in [0.25, 0.3) is 0 Å². The molecule has 0 aliphatic heterocycles. The molecule has 1 aromatic heterocycles. The topological polar surface area (TPSA) is 88.4 Å². The van der Waals surface area contributed by atoms with Crippen molar-refractivity contribution >= 4 is 26.9 Å². The van der Waals surface area contributed by atoms with Crippen molar-refractivity contribution < 1.29 is 53.7 Å². The summed E-state index contributed by atoms with van der Waals surface area (Å²) >= 11 is 0. The number of nitrogens with zero attached hydrogens (tertiary/aromatic N) is 1. The number of halogens is 1. The predicted molar refractivity (Wildman–Crippen MR) is 108 cm³/mol. The summed E-state index contributed by atoms with van der Waals surface area (Å²) in [5.41, 5.74) is 3.11. The molecule has 6 nitrogen and oxygen atoms in total. The largest absolute Gasteiger partial charge is 1.00 e. The second kappa shape index (κ2) is 9.20. The molecular weight excluding hydrogens is 418 g/mol. The molecule has 3 aromatic rings. The Morgan fingerprint density at radius 2 is 1.90 bits per heavy atom. The average molecular weight is 440 g/mol. The third-order valence-corrected chi connectivity index (χ3v) is 6.91. The smallest absolute Gasteiger partial charge is 1.00 e. The maximum atomic E-state index is 13.1. The van der Waals surface area contributed by atoms with Crippen LogP contribution in [0.4, 0.5) is 4.39 Å². The van der Waals surface area contributed by atoms with Gasteiger partial charge in [-0.25, -0.2) is 17.5 Å². The standard InChI is InChI=1S/C21H21FN2O4S.Na.H/c22-14-5-8-16(9-6-14)29(27,28)23-15-7-10-20-18(13-15)17-3-1-2-4-19(17)24(20)12-11-21(25)26;;/h1-6,8-9,15,23H,7,10-13H2,(H,25,26);;/q;+1;-1. The number of sulfonamides is 1. The van der Waals surface area contributed by atoms with Gasteiger partial charge in [-0.15, -0.1) is 0 Å². The Balaban J connectivity index is 0.00000171. The summed E-state index contributed by atoms with van der Waals surface area (Å²) < 4.78 is 43.2. The van der Waals surface area contributed by atoms with Gasteiger partial charge < -0.3 is 11.1 Å². The number of hydrogen-bond donors (Lipinski definition) is 2. The molecule has 154 valence electrons. The first-order chi connectivity index (χ1) is 13.8. The summed E-state index contributed by atoms with van der Waals surface area (Å²) in [7, 11) is -3.75. The minimum Gasteiger partial charge on any atom is -1.00 e. The zero-order valence-corrected chi connectivity index (χ0v) is 19.5. The summed E-state index contributed by atoms with van der Waals surface area (Å²) in [6, 6.07) is 12.3. The van der Waals surface area contributed by atoms with Crippen LogP contribution in [0.25, 0.3) is 10.9 Å². The molecule has 1 aliphatic rings. The van der Waals surface area contributed by atoms with Gasteiger partial charge in [0, 0.05) is 29.2 Å². The molecule has 2 aromatic carbocycles. The van der Waals surface area contributed by atoms with E-state index in [1.54, 1.807) is 0 Å². The van der Waals surface area contributed by atoms with E-state index < -0.39 is 21.8 Å². The summed E-state index contributed by atoms with van der Waals surface area (Å²) in [5.74, 6) is -1.34. The fourth-order valence-electron chi connectivity index (χ4n) is 4.07. The Bertz CT molecular complexity index is 1180. The monoisotopic (exact) mass is 440 g/mol. The normalized spacial score (nSPS) is 16.1. The molecule has 0 saturated carbocycles. The molecule has 1 atom stereocenters. The second-order valence-corrected chi connectivity index (χ2v) is 8.97. The molecule has 1 unspecified atom stereocenters. The molecule has 1 aliphatic carbocycles. The van der Waals surface area contributed by atoms with Crippen LogP contribution in [0.3, 0.4) is 0 Å². The second-order valence-electron chi connectivity index (χ2n) is 7.25. The number of aryl methyl sites for hydroxylation is 1. The maximum Gasteiger partial charge on any atom is 1.00 e. The van der Waals surface area contributed by atoms with Crippen LogP contribution in [-0.4, -0.2) is 30.1 Å². The third kappa shape index (κ3) is 4.63.